The number of sulfone groups is 1. The first-order chi connectivity index (χ1) is 10.1. The Hall–Kier alpha value is -1.37. The molecule has 0 saturated carbocycles. The van der Waals surface area contributed by atoms with Crippen LogP contribution in [0.2, 0.25) is 0 Å². The van der Waals surface area contributed by atoms with Crippen LogP contribution >= 0.6 is 11.3 Å². The van der Waals surface area contributed by atoms with Crippen LogP contribution in [0.4, 0.5) is 0 Å². The predicted molar refractivity (Wildman–Crippen MR) is 83.8 cm³/mol. The summed E-state index contributed by atoms with van der Waals surface area (Å²) in [5, 5.41) is 4.49. The minimum atomic E-state index is -3.33. The number of hydrogen-bond acceptors (Lipinski definition) is 5. The molecule has 4 nitrogen and oxygen atoms in total. The van der Waals surface area contributed by atoms with Crippen molar-refractivity contribution < 1.29 is 13.2 Å². The standard InChI is InChI=1S/C15H17NO3S2/c1-16-15-12-9-11(19-2)6-5-10(12)8-13(15)21(17,18)14-4-3-7-20-14/h3-7,9,13,15-16H,8H2,1-2H3. The normalized spacial score (nSPS) is 21.2. The lowest BCUT2D eigenvalue weighted by Gasteiger charge is -2.19. The molecular weight excluding hydrogens is 306 g/mol. The van der Waals surface area contributed by atoms with Gasteiger partial charge >= 0.3 is 0 Å². The van der Waals surface area contributed by atoms with Crippen molar-refractivity contribution >= 4 is 21.2 Å². The third-order valence-corrected chi connectivity index (χ3v) is 7.55. The lowest BCUT2D eigenvalue weighted by Crippen LogP contribution is -2.32. The van der Waals surface area contributed by atoms with Gasteiger partial charge in [-0.3, -0.25) is 0 Å². The van der Waals surface area contributed by atoms with Crippen LogP contribution in [0.5, 0.6) is 5.75 Å². The maximum atomic E-state index is 12.8. The van der Waals surface area contributed by atoms with Gasteiger partial charge in [-0.15, -0.1) is 11.3 Å². The van der Waals surface area contributed by atoms with Crippen molar-refractivity contribution in [2.24, 2.45) is 0 Å². The Bertz CT molecular complexity index is 738. The second-order valence-corrected chi connectivity index (χ2v) is 8.39. The van der Waals surface area contributed by atoms with Crippen molar-refractivity contribution in [1.82, 2.24) is 5.32 Å². The predicted octanol–water partition coefficient (Wildman–Crippen LogP) is 2.42. The third-order valence-electron chi connectivity index (χ3n) is 3.97. The average Bonchev–Trinajstić information content (AvgIpc) is 3.14. The topological polar surface area (TPSA) is 55.4 Å². The molecule has 1 aromatic carbocycles. The van der Waals surface area contributed by atoms with Crippen molar-refractivity contribution in [3.05, 3.63) is 46.8 Å². The number of nitrogens with one attached hydrogen (secondary N) is 1. The second kappa shape index (κ2) is 5.44. The Labute approximate surface area is 128 Å². The number of fused-ring (bicyclic) bond motifs is 1. The van der Waals surface area contributed by atoms with E-state index in [-0.39, 0.29) is 6.04 Å². The summed E-state index contributed by atoms with van der Waals surface area (Å²) in [6, 6.07) is 9.02. The monoisotopic (exact) mass is 323 g/mol. The Kier molecular flexibility index (Phi) is 3.77. The molecule has 0 fully saturated rings. The van der Waals surface area contributed by atoms with E-state index in [9.17, 15) is 8.42 Å². The van der Waals surface area contributed by atoms with E-state index in [4.69, 9.17) is 4.74 Å². The largest absolute Gasteiger partial charge is 0.497 e. The average molecular weight is 323 g/mol. The van der Waals surface area contributed by atoms with Crippen LogP contribution in [0.15, 0.2) is 39.9 Å². The van der Waals surface area contributed by atoms with Crippen LogP contribution in [-0.4, -0.2) is 27.8 Å². The van der Waals surface area contributed by atoms with Gasteiger partial charge in [0, 0.05) is 6.04 Å². The van der Waals surface area contributed by atoms with Crippen molar-refractivity contribution in [3.8, 4) is 5.75 Å². The summed E-state index contributed by atoms with van der Waals surface area (Å²) in [6.07, 6.45) is 0.533. The third kappa shape index (κ3) is 2.37. The zero-order valence-corrected chi connectivity index (χ0v) is 13.5. The minimum absolute atomic E-state index is 0.206. The molecule has 1 aliphatic rings. The van der Waals surface area contributed by atoms with E-state index in [0.717, 1.165) is 16.9 Å². The van der Waals surface area contributed by atoms with E-state index in [1.807, 2.05) is 18.2 Å². The summed E-state index contributed by atoms with van der Waals surface area (Å²) < 4.78 is 31.3. The number of benzene rings is 1. The highest BCUT2D eigenvalue weighted by Gasteiger charge is 2.41. The Balaban J connectivity index is 2.03. The summed E-state index contributed by atoms with van der Waals surface area (Å²) in [5.74, 6) is 0.753. The van der Waals surface area contributed by atoms with Gasteiger partial charge in [0.25, 0.3) is 0 Å². The van der Waals surface area contributed by atoms with E-state index in [1.54, 1.807) is 31.7 Å². The first kappa shape index (κ1) is 14.6. The molecule has 1 N–H and O–H groups in total. The van der Waals surface area contributed by atoms with Crippen LogP contribution < -0.4 is 10.1 Å². The van der Waals surface area contributed by atoms with Crippen molar-refractivity contribution in [2.75, 3.05) is 14.2 Å². The second-order valence-electron chi connectivity index (χ2n) is 5.05. The van der Waals surface area contributed by atoms with Gasteiger partial charge in [-0.2, -0.15) is 0 Å². The lowest BCUT2D eigenvalue weighted by atomic mass is 10.1. The van der Waals surface area contributed by atoms with Gasteiger partial charge in [0.05, 0.1) is 12.4 Å². The van der Waals surface area contributed by atoms with Crippen molar-refractivity contribution in [2.45, 2.75) is 21.9 Å². The summed E-state index contributed by atoms with van der Waals surface area (Å²) >= 11 is 1.28. The molecule has 1 heterocycles. The Morgan fingerprint density at radius 3 is 2.76 bits per heavy atom. The molecular formula is C15H17NO3S2. The Morgan fingerprint density at radius 2 is 2.14 bits per heavy atom. The highest BCUT2D eigenvalue weighted by molar-refractivity contribution is 7.94. The van der Waals surface area contributed by atoms with Gasteiger partial charge < -0.3 is 10.1 Å². The zero-order valence-electron chi connectivity index (χ0n) is 11.9. The fraction of sp³-hybridized carbons (Fsp3) is 0.333. The summed E-state index contributed by atoms with van der Waals surface area (Å²) in [7, 11) is 0.0891. The van der Waals surface area contributed by atoms with Gasteiger partial charge in [-0.05, 0) is 48.2 Å². The number of methoxy groups -OCH3 is 1. The van der Waals surface area contributed by atoms with Crippen LogP contribution in [0.25, 0.3) is 0 Å². The molecule has 6 heteroatoms. The summed E-state index contributed by atoms with van der Waals surface area (Å²) in [4.78, 5) is 0. The van der Waals surface area contributed by atoms with Crippen LogP contribution in [0.1, 0.15) is 17.2 Å². The first-order valence-corrected chi connectivity index (χ1v) is 9.12. The molecule has 0 aliphatic heterocycles. The molecule has 0 amide bonds. The molecule has 1 aromatic heterocycles. The molecule has 0 saturated heterocycles. The summed E-state index contributed by atoms with van der Waals surface area (Å²) in [5.41, 5.74) is 2.09. The minimum Gasteiger partial charge on any atom is -0.497 e. The molecule has 21 heavy (non-hydrogen) atoms. The van der Waals surface area contributed by atoms with Gasteiger partial charge in [0.15, 0.2) is 9.84 Å². The summed E-state index contributed by atoms with van der Waals surface area (Å²) in [6.45, 7) is 0. The van der Waals surface area contributed by atoms with Gasteiger partial charge in [-0.25, -0.2) is 8.42 Å². The molecule has 112 valence electrons. The number of rotatable bonds is 4. The van der Waals surface area contributed by atoms with E-state index < -0.39 is 15.1 Å². The molecule has 0 spiro atoms. The molecule has 0 bridgehead atoms. The fourth-order valence-corrected chi connectivity index (χ4v) is 6.04. The molecule has 0 radical (unpaired) electrons. The number of thiophene rings is 1. The molecule has 1 aliphatic carbocycles. The van der Waals surface area contributed by atoms with Gasteiger partial charge in [0.1, 0.15) is 9.96 Å². The van der Waals surface area contributed by atoms with Gasteiger partial charge in [-0.1, -0.05) is 12.1 Å². The molecule has 2 aromatic rings. The molecule has 3 rings (SSSR count). The maximum Gasteiger partial charge on any atom is 0.192 e. The fourth-order valence-electron chi connectivity index (χ4n) is 2.92. The molecule has 2 atom stereocenters. The molecule has 2 unspecified atom stereocenters. The number of ether oxygens (including phenoxy) is 1. The highest BCUT2D eigenvalue weighted by Crippen LogP contribution is 2.40. The van der Waals surface area contributed by atoms with E-state index in [2.05, 4.69) is 5.32 Å². The smallest absolute Gasteiger partial charge is 0.192 e. The quantitative estimate of drug-likeness (QED) is 0.939. The first-order valence-electron chi connectivity index (χ1n) is 6.69. The van der Waals surface area contributed by atoms with Crippen molar-refractivity contribution in [3.63, 3.8) is 0 Å². The lowest BCUT2D eigenvalue weighted by molar-refractivity contribution is 0.413. The van der Waals surface area contributed by atoms with Crippen molar-refractivity contribution in [1.29, 1.82) is 0 Å². The van der Waals surface area contributed by atoms with Crippen LogP contribution in [0.3, 0.4) is 0 Å². The van der Waals surface area contributed by atoms with E-state index in [0.29, 0.717) is 10.6 Å². The number of hydrogen-bond donors (Lipinski definition) is 1. The highest BCUT2D eigenvalue weighted by atomic mass is 32.2. The van der Waals surface area contributed by atoms with E-state index in [1.165, 1.54) is 11.3 Å². The SMILES string of the molecule is CNC1c2cc(OC)ccc2CC1S(=O)(=O)c1cccs1. The Morgan fingerprint density at radius 1 is 1.33 bits per heavy atom. The van der Waals surface area contributed by atoms with Crippen LogP contribution in [-0.2, 0) is 16.3 Å². The zero-order chi connectivity index (χ0) is 15.0. The van der Waals surface area contributed by atoms with E-state index >= 15 is 0 Å². The maximum absolute atomic E-state index is 12.8. The van der Waals surface area contributed by atoms with Crippen LogP contribution in [0, 0.1) is 0 Å². The van der Waals surface area contributed by atoms with Gasteiger partial charge in [0.2, 0.25) is 0 Å².